The number of carboxylic acids is 1. The molecule has 0 aromatic carbocycles. The number of ether oxygens (including phenoxy) is 3. The van der Waals surface area contributed by atoms with Gasteiger partial charge in [0, 0.05) is 14.2 Å². The molecule has 0 fully saturated rings. The molecule has 0 aliphatic heterocycles. The SMILES string of the molecule is CCCC(OC)C(=O)O.CCCOC(=O)COC. The molecule has 0 amide bonds. The van der Waals surface area contributed by atoms with Crippen LogP contribution in [-0.2, 0) is 23.8 Å². The van der Waals surface area contributed by atoms with Crippen LogP contribution in [-0.4, -0.2) is 50.6 Å². The van der Waals surface area contributed by atoms with Crippen LogP contribution in [0.3, 0.4) is 0 Å². The highest BCUT2D eigenvalue weighted by Crippen LogP contribution is 1.99. The number of carbonyl (C=O) groups excluding carboxylic acids is 1. The number of rotatable bonds is 8. The van der Waals surface area contributed by atoms with Gasteiger partial charge in [0.2, 0.25) is 0 Å². The van der Waals surface area contributed by atoms with E-state index >= 15 is 0 Å². The summed E-state index contributed by atoms with van der Waals surface area (Å²) < 4.78 is 13.8. The van der Waals surface area contributed by atoms with E-state index in [1.165, 1.54) is 14.2 Å². The Balaban J connectivity index is 0. The fourth-order valence-corrected chi connectivity index (χ4v) is 0.980. The van der Waals surface area contributed by atoms with Crippen LogP contribution in [0, 0.1) is 0 Å². The molecule has 0 heterocycles. The Kier molecular flexibility index (Phi) is 14.9. The average Bonchev–Trinajstić information content (AvgIpc) is 2.34. The first kappa shape index (κ1) is 19.2. The number of esters is 1. The molecule has 0 rings (SSSR count). The van der Waals surface area contributed by atoms with Crippen molar-refractivity contribution >= 4 is 11.9 Å². The molecule has 0 aliphatic carbocycles. The zero-order valence-electron chi connectivity index (χ0n) is 11.6. The molecule has 18 heavy (non-hydrogen) atoms. The average molecular weight is 264 g/mol. The lowest BCUT2D eigenvalue weighted by Gasteiger charge is -2.06. The van der Waals surface area contributed by atoms with Gasteiger partial charge in [0.05, 0.1) is 6.61 Å². The van der Waals surface area contributed by atoms with Crippen LogP contribution in [0.2, 0.25) is 0 Å². The molecular formula is C12H24O6. The topological polar surface area (TPSA) is 82.1 Å². The summed E-state index contributed by atoms with van der Waals surface area (Å²) in [7, 11) is 2.88. The molecule has 1 unspecified atom stereocenters. The van der Waals surface area contributed by atoms with Crippen molar-refractivity contribution in [1.29, 1.82) is 0 Å². The Morgan fingerprint density at radius 3 is 2.06 bits per heavy atom. The predicted octanol–water partition coefficient (Wildman–Crippen LogP) is 1.47. The number of aliphatic carboxylic acids is 1. The van der Waals surface area contributed by atoms with Gasteiger partial charge in [-0.05, 0) is 12.8 Å². The fraction of sp³-hybridized carbons (Fsp3) is 0.833. The van der Waals surface area contributed by atoms with Gasteiger partial charge >= 0.3 is 11.9 Å². The second kappa shape index (κ2) is 13.9. The maximum absolute atomic E-state index is 10.5. The highest BCUT2D eigenvalue weighted by Gasteiger charge is 2.13. The Bertz CT molecular complexity index is 215. The van der Waals surface area contributed by atoms with Crippen LogP contribution in [0.1, 0.15) is 33.1 Å². The van der Waals surface area contributed by atoms with Crippen LogP contribution in [0.5, 0.6) is 0 Å². The molecule has 1 N–H and O–H groups in total. The molecule has 0 radical (unpaired) electrons. The summed E-state index contributed by atoms with van der Waals surface area (Å²) in [6.45, 7) is 4.41. The van der Waals surface area contributed by atoms with E-state index in [0.29, 0.717) is 13.0 Å². The molecule has 0 aromatic rings. The van der Waals surface area contributed by atoms with Crippen LogP contribution in [0.25, 0.3) is 0 Å². The second-order valence-corrected chi connectivity index (χ2v) is 3.50. The van der Waals surface area contributed by atoms with Crippen LogP contribution >= 0.6 is 0 Å². The summed E-state index contributed by atoms with van der Waals surface area (Å²) in [4.78, 5) is 20.7. The number of carbonyl (C=O) groups is 2. The number of hydrogen-bond donors (Lipinski definition) is 1. The van der Waals surface area contributed by atoms with Gasteiger partial charge in [0.1, 0.15) is 6.61 Å². The van der Waals surface area contributed by atoms with Gasteiger partial charge in [-0.3, -0.25) is 0 Å². The monoisotopic (exact) mass is 264 g/mol. The quantitative estimate of drug-likeness (QED) is 0.668. The van der Waals surface area contributed by atoms with Crippen molar-refractivity contribution in [2.24, 2.45) is 0 Å². The van der Waals surface area contributed by atoms with E-state index in [4.69, 9.17) is 5.11 Å². The van der Waals surface area contributed by atoms with Crippen molar-refractivity contribution in [3.05, 3.63) is 0 Å². The second-order valence-electron chi connectivity index (χ2n) is 3.50. The Morgan fingerprint density at radius 1 is 1.17 bits per heavy atom. The molecule has 108 valence electrons. The van der Waals surface area contributed by atoms with Crippen molar-refractivity contribution in [3.63, 3.8) is 0 Å². The number of methoxy groups -OCH3 is 2. The Morgan fingerprint density at radius 2 is 1.78 bits per heavy atom. The first-order chi connectivity index (χ1) is 8.53. The summed E-state index contributed by atoms with van der Waals surface area (Å²) in [5, 5.41) is 8.38. The highest BCUT2D eigenvalue weighted by atomic mass is 16.6. The van der Waals surface area contributed by atoms with Crippen LogP contribution in [0.4, 0.5) is 0 Å². The Hall–Kier alpha value is -1.14. The van der Waals surface area contributed by atoms with Gasteiger partial charge in [-0.1, -0.05) is 20.3 Å². The van der Waals surface area contributed by atoms with E-state index in [-0.39, 0.29) is 12.6 Å². The van der Waals surface area contributed by atoms with E-state index in [9.17, 15) is 9.59 Å². The van der Waals surface area contributed by atoms with Crippen molar-refractivity contribution in [3.8, 4) is 0 Å². The zero-order valence-corrected chi connectivity index (χ0v) is 11.6. The molecule has 0 aromatic heterocycles. The van der Waals surface area contributed by atoms with Gasteiger partial charge in [-0.2, -0.15) is 0 Å². The predicted molar refractivity (Wildman–Crippen MR) is 66.5 cm³/mol. The first-order valence-electron chi connectivity index (χ1n) is 5.93. The van der Waals surface area contributed by atoms with Gasteiger partial charge in [0.15, 0.2) is 6.10 Å². The van der Waals surface area contributed by atoms with E-state index < -0.39 is 12.1 Å². The maximum atomic E-state index is 10.5. The third-order valence-electron chi connectivity index (χ3n) is 1.84. The summed E-state index contributed by atoms with van der Waals surface area (Å²) >= 11 is 0. The largest absolute Gasteiger partial charge is 0.479 e. The molecule has 6 nitrogen and oxygen atoms in total. The molecule has 0 saturated heterocycles. The number of carboxylic acid groups (broad SMARTS) is 1. The lowest BCUT2D eigenvalue weighted by molar-refractivity contribution is -0.149. The molecule has 6 heteroatoms. The van der Waals surface area contributed by atoms with Gasteiger partial charge in [-0.25, -0.2) is 9.59 Å². The fourth-order valence-electron chi connectivity index (χ4n) is 0.980. The molecule has 0 bridgehead atoms. The molecule has 0 spiro atoms. The van der Waals surface area contributed by atoms with Crippen molar-refractivity contribution in [2.75, 3.05) is 27.4 Å². The van der Waals surface area contributed by atoms with Crippen molar-refractivity contribution in [2.45, 2.75) is 39.2 Å². The van der Waals surface area contributed by atoms with E-state index in [0.717, 1.165) is 12.8 Å². The summed E-state index contributed by atoms with van der Waals surface area (Å²) in [5.41, 5.74) is 0. The zero-order chi connectivity index (χ0) is 14.4. The van der Waals surface area contributed by atoms with Crippen molar-refractivity contribution < 1.29 is 28.9 Å². The minimum absolute atomic E-state index is 0.0556. The standard InChI is InChI=1S/2C6H12O3/c1-3-4-9-6(7)5-8-2;1-3-4-5(9-2)6(7)8/h3-5H2,1-2H3;5H,3-4H2,1-2H3,(H,7,8). The van der Waals surface area contributed by atoms with E-state index in [1.54, 1.807) is 0 Å². The lowest BCUT2D eigenvalue weighted by Crippen LogP contribution is -2.21. The van der Waals surface area contributed by atoms with E-state index in [2.05, 4.69) is 14.2 Å². The third-order valence-corrected chi connectivity index (χ3v) is 1.84. The summed E-state index contributed by atoms with van der Waals surface area (Å²) in [6.07, 6.45) is 1.67. The van der Waals surface area contributed by atoms with E-state index in [1.807, 2.05) is 13.8 Å². The molecular weight excluding hydrogens is 240 g/mol. The minimum Gasteiger partial charge on any atom is -0.479 e. The highest BCUT2D eigenvalue weighted by molar-refractivity contribution is 5.72. The van der Waals surface area contributed by atoms with Gasteiger partial charge in [-0.15, -0.1) is 0 Å². The smallest absolute Gasteiger partial charge is 0.332 e. The third kappa shape index (κ3) is 12.9. The lowest BCUT2D eigenvalue weighted by atomic mass is 10.2. The molecule has 0 saturated carbocycles. The van der Waals surface area contributed by atoms with Crippen LogP contribution < -0.4 is 0 Å². The maximum Gasteiger partial charge on any atom is 0.332 e. The molecule has 1 atom stereocenters. The van der Waals surface area contributed by atoms with Gasteiger partial charge in [0.25, 0.3) is 0 Å². The normalized spacial score (nSPS) is 11.1. The first-order valence-corrected chi connectivity index (χ1v) is 5.93. The minimum atomic E-state index is -0.876. The number of hydrogen-bond acceptors (Lipinski definition) is 5. The summed E-state index contributed by atoms with van der Waals surface area (Å²) in [5.74, 6) is -1.17. The summed E-state index contributed by atoms with van der Waals surface area (Å²) in [6, 6.07) is 0. The van der Waals surface area contributed by atoms with Crippen LogP contribution in [0.15, 0.2) is 0 Å². The Labute approximate surface area is 108 Å². The van der Waals surface area contributed by atoms with Gasteiger partial charge < -0.3 is 19.3 Å². The van der Waals surface area contributed by atoms with Crippen molar-refractivity contribution in [1.82, 2.24) is 0 Å². The molecule has 0 aliphatic rings.